The molecule has 5 nitrogen and oxygen atoms in total. The molecule has 1 heterocycles. The third kappa shape index (κ3) is 5.47. The maximum atomic E-state index is 12.0. The molecule has 2 rings (SSSR count). The highest BCUT2D eigenvalue weighted by molar-refractivity contribution is 7.89. The number of aromatic nitrogens is 1. The van der Waals surface area contributed by atoms with Gasteiger partial charge in [0.2, 0.25) is 10.0 Å². The Hall–Kier alpha value is -0.500. The van der Waals surface area contributed by atoms with E-state index in [0.29, 0.717) is 12.5 Å². The van der Waals surface area contributed by atoms with Crippen molar-refractivity contribution in [2.75, 3.05) is 12.3 Å². The molecule has 0 spiro atoms. The van der Waals surface area contributed by atoms with Crippen molar-refractivity contribution in [1.82, 2.24) is 15.0 Å². The summed E-state index contributed by atoms with van der Waals surface area (Å²) in [6.07, 6.45) is 5.91. The summed E-state index contributed by atoms with van der Waals surface area (Å²) in [5.41, 5.74) is 0. The first-order valence-corrected chi connectivity index (χ1v) is 9.59. The first kappa shape index (κ1) is 15.9. The van der Waals surface area contributed by atoms with E-state index in [9.17, 15) is 8.42 Å². The third-order valence-electron chi connectivity index (χ3n) is 3.22. The van der Waals surface area contributed by atoms with Gasteiger partial charge >= 0.3 is 0 Å². The number of nitrogens with one attached hydrogen (secondary N) is 2. The Morgan fingerprint density at radius 3 is 2.80 bits per heavy atom. The summed E-state index contributed by atoms with van der Waals surface area (Å²) in [5.74, 6) is 0.189. The van der Waals surface area contributed by atoms with Crippen LogP contribution in [-0.4, -0.2) is 31.7 Å². The van der Waals surface area contributed by atoms with Crippen LogP contribution in [0.1, 0.15) is 48.5 Å². The van der Waals surface area contributed by atoms with Crippen molar-refractivity contribution < 1.29 is 8.42 Å². The van der Waals surface area contributed by atoms with Gasteiger partial charge in [0.05, 0.1) is 11.8 Å². The molecule has 1 atom stereocenters. The smallest absolute Gasteiger partial charge is 0.212 e. The van der Waals surface area contributed by atoms with Crippen molar-refractivity contribution in [3.63, 3.8) is 0 Å². The summed E-state index contributed by atoms with van der Waals surface area (Å²) in [4.78, 5) is 5.31. The molecule has 1 aromatic rings. The molecule has 0 bridgehead atoms. The quantitative estimate of drug-likeness (QED) is 0.683. The zero-order chi connectivity index (χ0) is 14.6. The van der Waals surface area contributed by atoms with Gasteiger partial charge in [0.25, 0.3) is 0 Å². The van der Waals surface area contributed by atoms with Crippen LogP contribution in [0.3, 0.4) is 0 Å². The number of unbranched alkanes of at least 4 members (excludes halogenated alkanes) is 1. The second-order valence-electron chi connectivity index (χ2n) is 5.40. The molecule has 1 unspecified atom stereocenters. The highest BCUT2D eigenvalue weighted by Crippen LogP contribution is 2.20. The van der Waals surface area contributed by atoms with Gasteiger partial charge in [-0.1, -0.05) is 0 Å². The number of thiazole rings is 1. The Morgan fingerprint density at radius 1 is 1.45 bits per heavy atom. The predicted molar refractivity (Wildman–Crippen MR) is 82.4 cm³/mol. The number of sulfonamides is 1. The average molecular weight is 317 g/mol. The standard InChI is InChI=1S/C13H23N3O2S2/c1-10-9-15-13(19-10)11(2)16-20(17,18)8-4-3-7-14-12-5-6-12/h9,11-12,14,16H,3-8H2,1-2H3. The number of nitrogens with zero attached hydrogens (tertiary/aromatic N) is 1. The fraction of sp³-hybridized carbons (Fsp3) is 0.769. The van der Waals surface area contributed by atoms with Gasteiger partial charge in [0.1, 0.15) is 5.01 Å². The Morgan fingerprint density at radius 2 is 2.20 bits per heavy atom. The molecule has 7 heteroatoms. The second-order valence-corrected chi connectivity index (χ2v) is 8.54. The van der Waals surface area contributed by atoms with Crippen LogP contribution in [-0.2, 0) is 10.0 Å². The molecule has 0 radical (unpaired) electrons. The van der Waals surface area contributed by atoms with Crippen LogP contribution in [0.2, 0.25) is 0 Å². The first-order valence-electron chi connectivity index (χ1n) is 7.12. The van der Waals surface area contributed by atoms with Crippen LogP contribution >= 0.6 is 11.3 Å². The molecule has 2 N–H and O–H groups in total. The number of rotatable bonds is 9. The number of hydrogen-bond acceptors (Lipinski definition) is 5. The SMILES string of the molecule is Cc1cnc(C(C)NS(=O)(=O)CCCCNC2CC2)s1. The molecule has 1 aliphatic carbocycles. The lowest BCUT2D eigenvalue weighted by Crippen LogP contribution is -2.29. The minimum Gasteiger partial charge on any atom is -0.314 e. The minimum atomic E-state index is -3.22. The molecule has 114 valence electrons. The third-order valence-corrected chi connectivity index (χ3v) is 5.85. The zero-order valence-corrected chi connectivity index (χ0v) is 13.7. The van der Waals surface area contributed by atoms with E-state index in [4.69, 9.17) is 0 Å². The van der Waals surface area contributed by atoms with Crippen LogP contribution in [0.15, 0.2) is 6.20 Å². The summed E-state index contributed by atoms with van der Waals surface area (Å²) in [6, 6.07) is 0.446. The molecule has 1 fully saturated rings. The normalized spacial score (nSPS) is 17.3. The van der Waals surface area contributed by atoms with Crippen molar-refractivity contribution in [3.8, 4) is 0 Å². The lowest BCUT2D eigenvalue weighted by molar-refractivity contribution is 0.559. The second kappa shape index (κ2) is 6.98. The molecule has 0 amide bonds. The van der Waals surface area contributed by atoms with Gasteiger partial charge in [-0.3, -0.25) is 0 Å². The van der Waals surface area contributed by atoms with Crippen molar-refractivity contribution in [1.29, 1.82) is 0 Å². The fourth-order valence-electron chi connectivity index (χ4n) is 1.96. The fourth-order valence-corrected chi connectivity index (χ4v) is 4.17. The molecule has 20 heavy (non-hydrogen) atoms. The Kier molecular flexibility index (Phi) is 5.54. The molecule has 0 saturated heterocycles. The van der Waals surface area contributed by atoms with Crippen LogP contribution in [0.4, 0.5) is 0 Å². The lowest BCUT2D eigenvalue weighted by Gasteiger charge is -2.11. The minimum absolute atomic E-state index is 0.189. The summed E-state index contributed by atoms with van der Waals surface area (Å²) < 4.78 is 26.6. The molecular formula is C13H23N3O2S2. The van der Waals surface area contributed by atoms with E-state index < -0.39 is 10.0 Å². The number of aryl methyl sites for hydroxylation is 1. The van der Waals surface area contributed by atoms with Gasteiger partial charge in [0, 0.05) is 17.1 Å². The Labute approximate surface area is 125 Å². The van der Waals surface area contributed by atoms with Crippen molar-refractivity contribution in [2.24, 2.45) is 0 Å². The zero-order valence-electron chi connectivity index (χ0n) is 12.1. The van der Waals surface area contributed by atoms with E-state index in [1.807, 2.05) is 13.8 Å². The topological polar surface area (TPSA) is 71.1 Å². The van der Waals surface area contributed by atoms with E-state index in [2.05, 4.69) is 15.0 Å². The van der Waals surface area contributed by atoms with Gasteiger partial charge in [-0.2, -0.15) is 0 Å². The molecule has 1 aromatic heterocycles. The van der Waals surface area contributed by atoms with Crippen LogP contribution in [0.25, 0.3) is 0 Å². The maximum Gasteiger partial charge on any atom is 0.212 e. The Balaban J connectivity index is 1.69. The van der Waals surface area contributed by atoms with E-state index in [0.717, 1.165) is 22.9 Å². The van der Waals surface area contributed by atoms with E-state index >= 15 is 0 Å². The van der Waals surface area contributed by atoms with Crippen molar-refractivity contribution in [3.05, 3.63) is 16.1 Å². The maximum absolute atomic E-state index is 12.0. The van der Waals surface area contributed by atoms with Crippen molar-refractivity contribution in [2.45, 2.75) is 51.6 Å². The number of hydrogen-bond donors (Lipinski definition) is 2. The van der Waals surface area contributed by atoms with Crippen LogP contribution in [0.5, 0.6) is 0 Å². The van der Waals surface area contributed by atoms with Gasteiger partial charge in [0.15, 0.2) is 0 Å². The first-order chi connectivity index (χ1) is 9.46. The summed E-state index contributed by atoms with van der Waals surface area (Å²) in [6.45, 7) is 4.72. The van der Waals surface area contributed by atoms with Crippen molar-refractivity contribution >= 4 is 21.4 Å². The Bertz CT molecular complexity index is 523. The highest BCUT2D eigenvalue weighted by atomic mass is 32.2. The molecule has 0 aromatic carbocycles. The monoisotopic (exact) mass is 317 g/mol. The molecule has 0 aliphatic heterocycles. The van der Waals surface area contributed by atoms with Crippen LogP contribution in [0, 0.1) is 6.92 Å². The van der Waals surface area contributed by atoms with E-state index in [-0.39, 0.29) is 11.8 Å². The van der Waals surface area contributed by atoms with E-state index in [1.165, 1.54) is 24.2 Å². The van der Waals surface area contributed by atoms with Gasteiger partial charge in [-0.25, -0.2) is 18.1 Å². The largest absolute Gasteiger partial charge is 0.314 e. The van der Waals surface area contributed by atoms with Gasteiger partial charge in [-0.15, -0.1) is 11.3 Å². The van der Waals surface area contributed by atoms with Gasteiger partial charge < -0.3 is 5.32 Å². The van der Waals surface area contributed by atoms with E-state index in [1.54, 1.807) is 6.20 Å². The van der Waals surface area contributed by atoms with Gasteiger partial charge in [-0.05, 0) is 46.1 Å². The average Bonchev–Trinajstić information content (AvgIpc) is 3.08. The highest BCUT2D eigenvalue weighted by Gasteiger charge is 2.20. The molecular weight excluding hydrogens is 294 g/mol. The summed E-state index contributed by atoms with van der Waals surface area (Å²) in [5, 5.41) is 4.21. The lowest BCUT2D eigenvalue weighted by atomic mass is 10.3. The summed E-state index contributed by atoms with van der Waals surface area (Å²) in [7, 11) is -3.22. The summed E-state index contributed by atoms with van der Waals surface area (Å²) >= 11 is 1.53. The van der Waals surface area contributed by atoms with Crippen LogP contribution < -0.4 is 10.0 Å². The molecule has 1 aliphatic rings. The predicted octanol–water partition coefficient (Wildman–Crippen LogP) is 1.96. The molecule has 1 saturated carbocycles.